The average molecular weight is 320 g/mol. The minimum atomic E-state index is 0.596. The molecule has 0 bridgehead atoms. The Morgan fingerprint density at radius 2 is 1.17 bits per heavy atom. The van der Waals surface area contributed by atoms with E-state index in [1.54, 1.807) is 0 Å². The Morgan fingerprint density at radius 3 is 1.65 bits per heavy atom. The molecule has 1 rings (SSSR count). The number of ether oxygens (including phenoxy) is 1. The Kier molecular flexibility index (Phi) is 12.7. The summed E-state index contributed by atoms with van der Waals surface area (Å²) in [6, 6.07) is 8.11. The summed E-state index contributed by atoms with van der Waals surface area (Å²) >= 11 is 0. The van der Waals surface area contributed by atoms with Crippen molar-refractivity contribution in [1.82, 2.24) is 0 Å². The van der Waals surface area contributed by atoms with Gasteiger partial charge >= 0.3 is 0 Å². The molecule has 0 aliphatic rings. The van der Waals surface area contributed by atoms with Crippen molar-refractivity contribution in [3.63, 3.8) is 0 Å². The molecule has 0 unspecified atom stereocenters. The highest BCUT2D eigenvalue weighted by Gasteiger charge is 1.96. The van der Waals surface area contributed by atoms with Crippen molar-refractivity contribution in [1.29, 1.82) is 0 Å². The molecule has 0 radical (unpaired) electrons. The zero-order chi connectivity index (χ0) is 16.6. The van der Waals surface area contributed by atoms with Crippen LogP contribution in [-0.2, 0) is 6.54 Å². The maximum Gasteiger partial charge on any atom is 0.119 e. The molecule has 2 N–H and O–H groups in total. The lowest BCUT2D eigenvalue weighted by Gasteiger charge is -2.07. The number of unbranched alkanes of at least 4 members (excludes halogenated alkanes) is 11. The van der Waals surface area contributed by atoms with E-state index in [0.717, 1.165) is 24.3 Å². The van der Waals surface area contributed by atoms with Gasteiger partial charge in [0.25, 0.3) is 0 Å². The van der Waals surface area contributed by atoms with Crippen LogP contribution < -0.4 is 10.5 Å². The van der Waals surface area contributed by atoms with Crippen LogP contribution in [0.5, 0.6) is 5.75 Å². The topological polar surface area (TPSA) is 35.2 Å². The molecule has 0 amide bonds. The van der Waals surface area contributed by atoms with Gasteiger partial charge in [-0.1, -0.05) is 89.7 Å². The largest absolute Gasteiger partial charge is 0.494 e. The van der Waals surface area contributed by atoms with E-state index in [1.807, 2.05) is 24.3 Å². The fourth-order valence-corrected chi connectivity index (χ4v) is 2.85. The lowest BCUT2D eigenvalue weighted by Crippen LogP contribution is -1.99. The van der Waals surface area contributed by atoms with Crippen LogP contribution in [0.4, 0.5) is 0 Å². The van der Waals surface area contributed by atoms with E-state index in [1.165, 1.54) is 70.6 Å². The quantitative estimate of drug-likeness (QED) is 0.389. The van der Waals surface area contributed by atoms with Crippen molar-refractivity contribution in [3.8, 4) is 5.75 Å². The van der Waals surface area contributed by atoms with Gasteiger partial charge in [-0.2, -0.15) is 0 Å². The monoisotopic (exact) mass is 319 g/mol. The minimum absolute atomic E-state index is 0.596. The maximum absolute atomic E-state index is 5.76. The van der Waals surface area contributed by atoms with E-state index in [9.17, 15) is 0 Å². The molecule has 0 aliphatic carbocycles. The summed E-state index contributed by atoms with van der Waals surface area (Å²) in [6.07, 6.45) is 16.6. The van der Waals surface area contributed by atoms with E-state index in [4.69, 9.17) is 10.5 Å². The van der Waals surface area contributed by atoms with Crippen LogP contribution in [-0.4, -0.2) is 6.61 Å². The third kappa shape index (κ3) is 11.2. The molecule has 1 aromatic carbocycles. The fraction of sp³-hybridized carbons (Fsp3) is 0.714. The van der Waals surface area contributed by atoms with E-state index >= 15 is 0 Å². The lowest BCUT2D eigenvalue weighted by atomic mass is 10.1. The number of hydrogen-bond acceptors (Lipinski definition) is 2. The summed E-state index contributed by atoms with van der Waals surface area (Å²) < 4.78 is 5.76. The molecule has 0 spiro atoms. The first-order valence-corrected chi connectivity index (χ1v) is 9.78. The second-order valence-corrected chi connectivity index (χ2v) is 6.59. The molecule has 0 saturated carbocycles. The molecule has 0 saturated heterocycles. The summed E-state index contributed by atoms with van der Waals surface area (Å²) in [6.45, 7) is 3.71. The summed E-state index contributed by atoms with van der Waals surface area (Å²) in [5, 5.41) is 0. The van der Waals surface area contributed by atoms with Crippen molar-refractivity contribution >= 4 is 0 Å². The van der Waals surface area contributed by atoms with Gasteiger partial charge in [-0.15, -0.1) is 0 Å². The highest BCUT2D eigenvalue weighted by Crippen LogP contribution is 2.14. The van der Waals surface area contributed by atoms with Crippen molar-refractivity contribution < 1.29 is 4.74 Å². The molecule has 0 aromatic heterocycles. The van der Waals surface area contributed by atoms with E-state index in [2.05, 4.69) is 6.92 Å². The van der Waals surface area contributed by atoms with Crippen LogP contribution in [0.1, 0.15) is 89.5 Å². The van der Waals surface area contributed by atoms with Crippen LogP contribution in [0.3, 0.4) is 0 Å². The molecule has 0 atom stereocenters. The van der Waals surface area contributed by atoms with Gasteiger partial charge in [0.05, 0.1) is 6.61 Å². The molecule has 0 fully saturated rings. The van der Waals surface area contributed by atoms with Crippen LogP contribution in [0.2, 0.25) is 0 Å². The van der Waals surface area contributed by atoms with Crippen molar-refractivity contribution in [2.24, 2.45) is 5.73 Å². The summed E-state index contributed by atoms with van der Waals surface area (Å²) in [4.78, 5) is 0. The SMILES string of the molecule is CCCCCCCCCCCCCCOc1ccc(CN)cc1. The van der Waals surface area contributed by atoms with Gasteiger partial charge in [-0.25, -0.2) is 0 Å². The van der Waals surface area contributed by atoms with Gasteiger partial charge < -0.3 is 10.5 Å². The van der Waals surface area contributed by atoms with E-state index < -0.39 is 0 Å². The average Bonchev–Trinajstić information content (AvgIpc) is 2.59. The summed E-state index contributed by atoms with van der Waals surface area (Å²) in [5.74, 6) is 0.963. The third-order valence-corrected chi connectivity index (χ3v) is 4.43. The number of hydrogen-bond donors (Lipinski definition) is 1. The Bertz CT molecular complexity index is 361. The van der Waals surface area contributed by atoms with E-state index in [0.29, 0.717) is 6.54 Å². The van der Waals surface area contributed by atoms with Crippen LogP contribution >= 0.6 is 0 Å². The van der Waals surface area contributed by atoms with Crippen LogP contribution in [0.25, 0.3) is 0 Å². The molecule has 0 heterocycles. The molecule has 0 aliphatic heterocycles. The lowest BCUT2D eigenvalue weighted by molar-refractivity contribution is 0.304. The molecule has 23 heavy (non-hydrogen) atoms. The smallest absolute Gasteiger partial charge is 0.119 e. The van der Waals surface area contributed by atoms with E-state index in [-0.39, 0.29) is 0 Å². The van der Waals surface area contributed by atoms with Gasteiger partial charge in [0.1, 0.15) is 5.75 Å². The van der Waals surface area contributed by atoms with Gasteiger partial charge in [-0.3, -0.25) is 0 Å². The summed E-state index contributed by atoms with van der Waals surface area (Å²) in [7, 11) is 0. The second kappa shape index (κ2) is 14.6. The molecule has 1 aromatic rings. The Balaban J connectivity index is 1.82. The van der Waals surface area contributed by atoms with Crippen molar-refractivity contribution in [3.05, 3.63) is 29.8 Å². The fourth-order valence-electron chi connectivity index (χ4n) is 2.85. The van der Waals surface area contributed by atoms with Gasteiger partial charge in [0.2, 0.25) is 0 Å². The van der Waals surface area contributed by atoms with Crippen molar-refractivity contribution in [2.75, 3.05) is 6.61 Å². The second-order valence-electron chi connectivity index (χ2n) is 6.59. The first-order chi connectivity index (χ1) is 11.4. The Hall–Kier alpha value is -1.02. The first kappa shape index (κ1) is 20.0. The summed E-state index contributed by atoms with van der Waals surface area (Å²) in [5.41, 5.74) is 6.74. The number of rotatable bonds is 15. The van der Waals surface area contributed by atoms with Gasteiger partial charge in [-0.05, 0) is 24.1 Å². The standard InChI is InChI=1S/C21H37NO/c1-2-3-4-5-6-7-8-9-10-11-12-13-18-23-21-16-14-20(19-22)15-17-21/h14-17H,2-13,18-19,22H2,1H3. The predicted octanol–water partition coefficient (Wildman–Crippen LogP) is 6.23. The molecule has 2 nitrogen and oxygen atoms in total. The minimum Gasteiger partial charge on any atom is -0.494 e. The number of nitrogens with two attached hydrogens (primary N) is 1. The third-order valence-electron chi connectivity index (χ3n) is 4.43. The molecule has 132 valence electrons. The predicted molar refractivity (Wildman–Crippen MR) is 101 cm³/mol. The first-order valence-electron chi connectivity index (χ1n) is 9.78. The zero-order valence-electron chi connectivity index (χ0n) is 15.2. The zero-order valence-corrected chi connectivity index (χ0v) is 15.2. The van der Waals surface area contributed by atoms with Crippen molar-refractivity contribution in [2.45, 2.75) is 90.5 Å². The highest BCUT2D eigenvalue weighted by molar-refractivity contribution is 5.26. The van der Waals surface area contributed by atoms with Crippen LogP contribution in [0.15, 0.2) is 24.3 Å². The Morgan fingerprint density at radius 1 is 0.696 bits per heavy atom. The van der Waals surface area contributed by atoms with Gasteiger partial charge in [0, 0.05) is 6.54 Å². The highest BCUT2D eigenvalue weighted by atomic mass is 16.5. The maximum atomic E-state index is 5.76. The van der Waals surface area contributed by atoms with Gasteiger partial charge in [0.15, 0.2) is 0 Å². The molecular weight excluding hydrogens is 282 g/mol. The Labute approximate surface area is 143 Å². The van der Waals surface area contributed by atoms with Crippen LogP contribution in [0, 0.1) is 0 Å². The number of benzene rings is 1. The molecular formula is C21H37NO. The molecule has 2 heteroatoms. The normalized spacial score (nSPS) is 10.9.